The Kier molecular flexibility index (Phi) is 5.49. The number of hydrogen-bond donors (Lipinski definition) is 0. The van der Waals surface area contributed by atoms with Gasteiger partial charge in [0.2, 0.25) is 0 Å². The van der Waals surface area contributed by atoms with Gasteiger partial charge in [-0.15, -0.1) is 11.3 Å². The minimum absolute atomic E-state index is 0.279. The van der Waals surface area contributed by atoms with Crippen LogP contribution in [0.1, 0.15) is 60.3 Å². The van der Waals surface area contributed by atoms with Crippen LogP contribution in [-0.2, 0) is 0 Å². The molecule has 202 valence electrons. The fourth-order valence-electron chi connectivity index (χ4n) is 5.98. The Labute approximate surface area is 250 Å². The van der Waals surface area contributed by atoms with Gasteiger partial charge >= 0.3 is 0 Å². The molecule has 2 aromatic heterocycles. The molecular formula is C38H34N2S. The number of fused-ring (bicyclic) bond motifs is 4. The zero-order chi connectivity index (χ0) is 30.7. The minimum Gasteiger partial charge on any atom is -0.292 e. The van der Waals surface area contributed by atoms with Gasteiger partial charge in [0.15, 0.2) is 0 Å². The van der Waals surface area contributed by atoms with Crippen LogP contribution >= 0.6 is 11.3 Å². The molecule has 5 aromatic carbocycles. The van der Waals surface area contributed by atoms with Crippen molar-refractivity contribution in [2.45, 2.75) is 46.4 Å². The number of rotatable bonds is 5. The first-order valence-electron chi connectivity index (χ1n) is 15.8. The standard InChI is InChI=1S/C38H34N2S/c1-23(2)29-21-28(26-11-7-6-8-12-26)22-30(24(3)4)37(29)40-34-14-10-9-13-33(34)39-38(40)27-16-18-36-32(20-27)31-19-25(5)15-17-35(31)41-36/h6-24H,1-5H3/i5D3. The van der Waals surface area contributed by atoms with Crippen molar-refractivity contribution in [3.8, 4) is 28.2 Å². The lowest BCUT2D eigenvalue weighted by atomic mass is 9.88. The number of nitrogens with zero attached hydrogens (tertiary/aromatic N) is 2. The number of aryl methyl sites for hydroxylation is 1. The van der Waals surface area contributed by atoms with Gasteiger partial charge in [-0.1, -0.05) is 81.8 Å². The lowest BCUT2D eigenvalue weighted by molar-refractivity contribution is 0.811. The Balaban J connectivity index is 1.53. The van der Waals surface area contributed by atoms with E-state index in [1.54, 1.807) is 17.4 Å². The summed E-state index contributed by atoms with van der Waals surface area (Å²) in [6.07, 6.45) is 0. The van der Waals surface area contributed by atoms with Crippen LogP contribution in [0.5, 0.6) is 0 Å². The Morgan fingerprint density at radius 1 is 0.659 bits per heavy atom. The maximum absolute atomic E-state index is 7.97. The highest BCUT2D eigenvalue weighted by molar-refractivity contribution is 7.25. The second-order valence-corrected chi connectivity index (χ2v) is 12.5. The van der Waals surface area contributed by atoms with E-state index in [0.717, 1.165) is 42.6 Å². The second-order valence-electron chi connectivity index (χ2n) is 11.5. The Bertz CT molecular complexity index is 2140. The summed E-state index contributed by atoms with van der Waals surface area (Å²) < 4.78 is 28.5. The molecule has 7 rings (SSSR count). The van der Waals surface area contributed by atoms with Crippen molar-refractivity contribution in [2.24, 2.45) is 0 Å². The molecule has 0 saturated carbocycles. The van der Waals surface area contributed by atoms with Crippen LogP contribution in [0, 0.1) is 6.85 Å². The third-order valence-corrected chi connectivity index (χ3v) is 9.18. The number of para-hydroxylation sites is 2. The third-order valence-electron chi connectivity index (χ3n) is 8.03. The molecule has 0 radical (unpaired) electrons. The lowest BCUT2D eigenvalue weighted by Gasteiger charge is -2.24. The molecule has 0 N–H and O–H groups in total. The predicted octanol–water partition coefficient (Wildman–Crippen LogP) is 11.3. The summed E-state index contributed by atoms with van der Waals surface area (Å²) in [6.45, 7) is 6.91. The van der Waals surface area contributed by atoms with Crippen molar-refractivity contribution >= 4 is 42.5 Å². The number of imidazole rings is 1. The van der Waals surface area contributed by atoms with E-state index in [9.17, 15) is 0 Å². The van der Waals surface area contributed by atoms with E-state index < -0.39 is 6.85 Å². The monoisotopic (exact) mass is 553 g/mol. The van der Waals surface area contributed by atoms with E-state index in [-0.39, 0.29) is 11.8 Å². The van der Waals surface area contributed by atoms with Crippen LogP contribution in [-0.4, -0.2) is 9.55 Å². The van der Waals surface area contributed by atoms with E-state index in [0.29, 0.717) is 5.56 Å². The number of hydrogen-bond acceptors (Lipinski definition) is 2. The summed E-state index contributed by atoms with van der Waals surface area (Å²) in [6, 6.07) is 35.7. The first-order chi connectivity index (χ1) is 21.1. The summed E-state index contributed by atoms with van der Waals surface area (Å²) >= 11 is 1.69. The van der Waals surface area contributed by atoms with Gasteiger partial charge in [0.05, 0.1) is 16.7 Å². The Morgan fingerprint density at radius 2 is 1.32 bits per heavy atom. The van der Waals surface area contributed by atoms with Crippen molar-refractivity contribution in [1.29, 1.82) is 0 Å². The Hall–Kier alpha value is -4.21. The van der Waals surface area contributed by atoms with E-state index in [1.807, 2.05) is 18.2 Å². The molecule has 0 aliphatic heterocycles. The van der Waals surface area contributed by atoms with Crippen molar-refractivity contribution < 1.29 is 4.11 Å². The molecule has 0 saturated heterocycles. The van der Waals surface area contributed by atoms with Crippen LogP contribution in [0.15, 0.2) is 103 Å². The van der Waals surface area contributed by atoms with Gasteiger partial charge in [-0.2, -0.15) is 0 Å². The molecule has 2 heterocycles. The highest BCUT2D eigenvalue weighted by Gasteiger charge is 2.23. The number of thiophene rings is 1. The van der Waals surface area contributed by atoms with E-state index in [2.05, 4.69) is 111 Å². The van der Waals surface area contributed by atoms with Crippen LogP contribution in [0.4, 0.5) is 0 Å². The van der Waals surface area contributed by atoms with Gasteiger partial charge in [0.25, 0.3) is 0 Å². The fraction of sp³-hybridized carbons (Fsp3) is 0.184. The lowest BCUT2D eigenvalue weighted by Crippen LogP contribution is -2.09. The molecule has 2 nitrogen and oxygen atoms in total. The number of benzene rings is 5. The average Bonchev–Trinajstić information content (AvgIpc) is 3.58. The molecule has 0 bridgehead atoms. The van der Waals surface area contributed by atoms with Crippen molar-refractivity contribution in [2.75, 3.05) is 0 Å². The van der Waals surface area contributed by atoms with Crippen LogP contribution in [0.3, 0.4) is 0 Å². The SMILES string of the molecule is [2H]C([2H])([2H])c1ccc2sc3ccc(-c4nc5ccccc5n4-c4c(C(C)C)cc(-c5ccccc5)cc4C(C)C)cc3c2c1. The van der Waals surface area contributed by atoms with E-state index >= 15 is 0 Å². The molecule has 0 aliphatic rings. The number of aromatic nitrogens is 2. The van der Waals surface area contributed by atoms with Gasteiger partial charge in [-0.25, -0.2) is 4.98 Å². The highest BCUT2D eigenvalue weighted by Crippen LogP contribution is 2.42. The summed E-state index contributed by atoms with van der Waals surface area (Å²) in [4.78, 5) is 5.25. The van der Waals surface area contributed by atoms with Crippen LogP contribution in [0.25, 0.3) is 59.4 Å². The molecule has 0 amide bonds. The third kappa shape index (κ3) is 4.36. The van der Waals surface area contributed by atoms with E-state index in [1.165, 1.54) is 27.9 Å². The van der Waals surface area contributed by atoms with E-state index in [4.69, 9.17) is 9.10 Å². The zero-order valence-electron chi connectivity index (χ0n) is 26.8. The molecule has 3 heteroatoms. The van der Waals surface area contributed by atoms with Gasteiger partial charge in [0.1, 0.15) is 5.82 Å². The van der Waals surface area contributed by atoms with Crippen molar-refractivity contribution in [3.63, 3.8) is 0 Å². The summed E-state index contributed by atoms with van der Waals surface area (Å²) in [7, 11) is 0. The molecule has 0 fully saturated rings. The first kappa shape index (κ1) is 22.5. The summed E-state index contributed by atoms with van der Waals surface area (Å²) in [5.41, 5.74) is 9.57. The molecule has 7 aromatic rings. The van der Waals surface area contributed by atoms with Crippen molar-refractivity contribution in [1.82, 2.24) is 9.55 Å². The zero-order valence-corrected chi connectivity index (χ0v) is 24.6. The molecule has 41 heavy (non-hydrogen) atoms. The smallest absolute Gasteiger partial charge is 0.145 e. The molecule has 0 aliphatic carbocycles. The quantitative estimate of drug-likeness (QED) is 0.207. The largest absolute Gasteiger partial charge is 0.292 e. The normalized spacial score (nSPS) is 13.4. The summed E-state index contributed by atoms with van der Waals surface area (Å²) in [5.74, 6) is 1.44. The summed E-state index contributed by atoms with van der Waals surface area (Å²) in [5, 5.41) is 2.03. The predicted molar refractivity (Wildman–Crippen MR) is 178 cm³/mol. The molecular weight excluding hydrogens is 516 g/mol. The molecule has 0 atom stereocenters. The highest BCUT2D eigenvalue weighted by atomic mass is 32.1. The van der Waals surface area contributed by atoms with Gasteiger partial charge in [-0.05, 0) is 95.5 Å². The van der Waals surface area contributed by atoms with Gasteiger partial charge < -0.3 is 0 Å². The van der Waals surface area contributed by atoms with Crippen molar-refractivity contribution in [3.05, 3.63) is 120 Å². The fourth-order valence-corrected chi connectivity index (χ4v) is 7.05. The van der Waals surface area contributed by atoms with Gasteiger partial charge in [0, 0.05) is 29.8 Å². The minimum atomic E-state index is -2.15. The van der Waals surface area contributed by atoms with Gasteiger partial charge in [-0.3, -0.25) is 4.57 Å². The molecule has 0 unspecified atom stereocenters. The maximum Gasteiger partial charge on any atom is 0.145 e. The average molecular weight is 554 g/mol. The van der Waals surface area contributed by atoms with Crippen LogP contribution < -0.4 is 0 Å². The molecule has 0 spiro atoms. The maximum atomic E-state index is 7.97. The second kappa shape index (κ2) is 10.0. The first-order valence-corrected chi connectivity index (χ1v) is 15.1. The van der Waals surface area contributed by atoms with Crippen LogP contribution in [0.2, 0.25) is 0 Å². The Morgan fingerprint density at radius 3 is 2.02 bits per heavy atom. The topological polar surface area (TPSA) is 17.8 Å².